The van der Waals surface area contributed by atoms with E-state index in [0.29, 0.717) is 12.0 Å². The Hall–Kier alpha value is -2.96. The lowest BCUT2D eigenvalue weighted by Gasteiger charge is -2.20. The summed E-state index contributed by atoms with van der Waals surface area (Å²) in [5, 5.41) is 9.99. The van der Waals surface area contributed by atoms with E-state index in [1.165, 1.54) is 5.56 Å². The highest BCUT2D eigenvalue weighted by atomic mass is 16.5. The first-order valence-electron chi connectivity index (χ1n) is 10.6. The van der Waals surface area contributed by atoms with E-state index in [4.69, 9.17) is 9.72 Å². The lowest BCUT2D eigenvalue weighted by Crippen LogP contribution is -2.23. The first kappa shape index (κ1) is 20.3. The molecule has 1 aliphatic heterocycles. The highest BCUT2D eigenvalue weighted by Crippen LogP contribution is 2.28. The molecular weight excluding hydrogens is 374 g/mol. The summed E-state index contributed by atoms with van der Waals surface area (Å²) in [5.41, 5.74) is 3.08. The third-order valence-electron chi connectivity index (χ3n) is 5.29. The molecule has 2 heterocycles. The smallest absolute Gasteiger partial charge is 0.223 e. The van der Waals surface area contributed by atoms with E-state index in [1.54, 1.807) is 6.20 Å². The van der Waals surface area contributed by atoms with Crippen molar-refractivity contribution in [1.29, 1.82) is 0 Å². The standard InChI is InChI=1S/C24H29N5O/c1-25-13-12-23(18-6-3-2-4-7-18)30-21-9-5-8-19(16-21)22-11-15-27-24(29-22)28-20-10-14-26-17-20/h2-9,11,15-16,20,23,25-26H,10,12-14,17H2,1H3,(H,27,28,29)/t20-,23?/m1/s1. The minimum Gasteiger partial charge on any atom is -0.486 e. The summed E-state index contributed by atoms with van der Waals surface area (Å²) in [6.07, 6.45) is 3.78. The normalized spacial score (nSPS) is 16.9. The fourth-order valence-electron chi connectivity index (χ4n) is 3.68. The average molecular weight is 404 g/mol. The van der Waals surface area contributed by atoms with Gasteiger partial charge in [0.05, 0.1) is 5.69 Å². The van der Waals surface area contributed by atoms with Crippen LogP contribution in [0, 0.1) is 0 Å². The summed E-state index contributed by atoms with van der Waals surface area (Å²) in [6.45, 7) is 2.87. The van der Waals surface area contributed by atoms with Crippen LogP contribution in [-0.4, -0.2) is 42.7 Å². The molecule has 0 amide bonds. The second-order valence-electron chi connectivity index (χ2n) is 7.54. The second kappa shape index (κ2) is 10.2. The van der Waals surface area contributed by atoms with Crippen molar-refractivity contribution in [2.45, 2.75) is 25.0 Å². The Kier molecular flexibility index (Phi) is 6.90. The Morgan fingerprint density at radius 3 is 2.83 bits per heavy atom. The largest absolute Gasteiger partial charge is 0.486 e. The Morgan fingerprint density at radius 2 is 2.03 bits per heavy atom. The molecule has 2 aromatic carbocycles. The van der Waals surface area contributed by atoms with E-state index in [9.17, 15) is 0 Å². The number of ether oxygens (including phenoxy) is 1. The molecule has 2 atom stereocenters. The molecule has 0 radical (unpaired) electrons. The van der Waals surface area contributed by atoms with Gasteiger partial charge in [0, 0.05) is 30.8 Å². The second-order valence-corrected chi connectivity index (χ2v) is 7.54. The fraction of sp³-hybridized carbons (Fsp3) is 0.333. The van der Waals surface area contributed by atoms with Crippen LogP contribution in [-0.2, 0) is 0 Å². The molecule has 1 aliphatic rings. The van der Waals surface area contributed by atoms with Crippen LogP contribution in [0.5, 0.6) is 5.75 Å². The van der Waals surface area contributed by atoms with Crippen molar-refractivity contribution in [2.75, 3.05) is 32.0 Å². The van der Waals surface area contributed by atoms with E-state index in [-0.39, 0.29) is 6.10 Å². The SMILES string of the molecule is CNCCC(Oc1cccc(-c2ccnc(N[C@@H]3CCNC3)n2)c1)c1ccccc1. The summed E-state index contributed by atoms with van der Waals surface area (Å²) in [4.78, 5) is 9.10. The van der Waals surface area contributed by atoms with Crippen LogP contribution in [0.1, 0.15) is 24.5 Å². The summed E-state index contributed by atoms with van der Waals surface area (Å²) < 4.78 is 6.40. The van der Waals surface area contributed by atoms with Crippen LogP contribution in [0.15, 0.2) is 66.9 Å². The van der Waals surface area contributed by atoms with Crippen LogP contribution in [0.25, 0.3) is 11.3 Å². The molecule has 0 bridgehead atoms. The predicted molar refractivity (Wildman–Crippen MR) is 121 cm³/mol. The molecule has 0 spiro atoms. The van der Waals surface area contributed by atoms with Crippen molar-refractivity contribution in [3.05, 3.63) is 72.4 Å². The Labute approximate surface area is 178 Å². The molecule has 1 fully saturated rings. The summed E-state index contributed by atoms with van der Waals surface area (Å²) in [7, 11) is 1.96. The highest BCUT2D eigenvalue weighted by molar-refractivity contribution is 5.62. The molecular formula is C24H29N5O. The molecule has 6 nitrogen and oxygen atoms in total. The highest BCUT2D eigenvalue weighted by Gasteiger charge is 2.16. The van der Waals surface area contributed by atoms with Crippen LogP contribution in [0.4, 0.5) is 5.95 Å². The number of anilines is 1. The van der Waals surface area contributed by atoms with Gasteiger partial charge >= 0.3 is 0 Å². The zero-order valence-corrected chi connectivity index (χ0v) is 17.3. The lowest BCUT2D eigenvalue weighted by atomic mass is 10.1. The zero-order valence-electron chi connectivity index (χ0n) is 17.3. The predicted octanol–water partition coefficient (Wildman–Crippen LogP) is 3.65. The first-order valence-corrected chi connectivity index (χ1v) is 10.6. The summed E-state index contributed by atoms with van der Waals surface area (Å²) >= 11 is 0. The molecule has 1 unspecified atom stereocenters. The van der Waals surface area contributed by atoms with Gasteiger partial charge in [0.1, 0.15) is 11.9 Å². The Balaban J connectivity index is 1.51. The van der Waals surface area contributed by atoms with Crippen LogP contribution in [0.3, 0.4) is 0 Å². The topological polar surface area (TPSA) is 71.1 Å². The molecule has 0 aliphatic carbocycles. The fourth-order valence-corrected chi connectivity index (χ4v) is 3.68. The van der Waals surface area contributed by atoms with Gasteiger partial charge in [0.15, 0.2) is 0 Å². The van der Waals surface area contributed by atoms with Crippen molar-refractivity contribution < 1.29 is 4.74 Å². The van der Waals surface area contributed by atoms with Gasteiger partial charge in [0.2, 0.25) is 5.95 Å². The van der Waals surface area contributed by atoms with Crippen LogP contribution >= 0.6 is 0 Å². The van der Waals surface area contributed by atoms with Crippen molar-refractivity contribution in [3.63, 3.8) is 0 Å². The van der Waals surface area contributed by atoms with Gasteiger partial charge in [-0.25, -0.2) is 9.97 Å². The monoisotopic (exact) mass is 403 g/mol. The number of hydrogen-bond donors (Lipinski definition) is 3. The molecule has 1 saturated heterocycles. The van der Waals surface area contributed by atoms with Gasteiger partial charge < -0.3 is 20.7 Å². The van der Waals surface area contributed by atoms with Gasteiger partial charge in [-0.1, -0.05) is 42.5 Å². The molecule has 0 saturated carbocycles. The molecule has 3 N–H and O–H groups in total. The van der Waals surface area contributed by atoms with Crippen LogP contribution in [0.2, 0.25) is 0 Å². The van der Waals surface area contributed by atoms with Crippen molar-refractivity contribution in [2.24, 2.45) is 0 Å². The molecule has 4 rings (SSSR count). The number of hydrogen-bond acceptors (Lipinski definition) is 6. The van der Waals surface area contributed by atoms with Gasteiger partial charge in [-0.15, -0.1) is 0 Å². The number of nitrogens with one attached hydrogen (secondary N) is 3. The maximum atomic E-state index is 6.40. The quantitative estimate of drug-likeness (QED) is 0.507. The van der Waals surface area contributed by atoms with E-state index in [1.807, 2.05) is 31.3 Å². The van der Waals surface area contributed by atoms with Crippen molar-refractivity contribution in [3.8, 4) is 17.0 Å². The third-order valence-corrected chi connectivity index (χ3v) is 5.29. The van der Waals surface area contributed by atoms with E-state index in [0.717, 1.165) is 49.5 Å². The zero-order chi connectivity index (χ0) is 20.6. The van der Waals surface area contributed by atoms with Gasteiger partial charge in [0.25, 0.3) is 0 Å². The number of benzene rings is 2. The number of aromatic nitrogens is 2. The van der Waals surface area contributed by atoms with Gasteiger partial charge in [-0.3, -0.25) is 0 Å². The number of rotatable bonds is 9. The molecule has 6 heteroatoms. The first-order chi connectivity index (χ1) is 14.8. The maximum Gasteiger partial charge on any atom is 0.223 e. The van der Waals surface area contributed by atoms with Gasteiger partial charge in [-0.05, 0) is 50.3 Å². The Morgan fingerprint density at radius 1 is 1.13 bits per heavy atom. The lowest BCUT2D eigenvalue weighted by molar-refractivity contribution is 0.195. The molecule has 3 aromatic rings. The third kappa shape index (κ3) is 5.34. The van der Waals surface area contributed by atoms with Crippen molar-refractivity contribution in [1.82, 2.24) is 20.6 Å². The summed E-state index contributed by atoms with van der Waals surface area (Å²) in [6, 6.07) is 20.8. The van der Waals surface area contributed by atoms with Crippen LogP contribution < -0.4 is 20.7 Å². The summed E-state index contributed by atoms with van der Waals surface area (Å²) in [5.74, 6) is 1.51. The number of nitrogens with zero attached hydrogens (tertiary/aromatic N) is 2. The molecule has 30 heavy (non-hydrogen) atoms. The maximum absolute atomic E-state index is 6.40. The van der Waals surface area contributed by atoms with Crippen molar-refractivity contribution >= 4 is 5.95 Å². The minimum atomic E-state index is -0.00797. The Bertz CT molecular complexity index is 928. The van der Waals surface area contributed by atoms with E-state index < -0.39 is 0 Å². The van der Waals surface area contributed by atoms with Gasteiger partial charge in [-0.2, -0.15) is 0 Å². The van der Waals surface area contributed by atoms with E-state index >= 15 is 0 Å². The van der Waals surface area contributed by atoms with E-state index in [2.05, 4.69) is 57.3 Å². The average Bonchev–Trinajstić information content (AvgIpc) is 3.31. The molecule has 156 valence electrons. The molecule has 1 aromatic heterocycles. The minimum absolute atomic E-state index is 0.00797.